The lowest BCUT2D eigenvalue weighted by atomic mass is 10.2. The molecule has 1 aliphatic rings. The number of pyridine rings is 1. The normalized spacial score (nSPS) is 16.1. The number of nitrogens with zero attached hydrogens (tertiary/aromatic N) is 3. The summed E-state index contributed by atoms with van der Waals surface area (Å²) in [5.74, 6) is -0.933. The van der Waals surface area contributed by atoms with Gasteiger partial charge in [0.1, 0.15) is 10.8 Å². The van der Waals surface area contributed by atoms with Gasteiger partial charge in [-0.25, -0.2) is 4.98 Å². The Morgan fingerprint density at radius 1 is 1.25 bits per heavy atom. The van der Waals surface area contributed by atoms with Crippen LogP contribution in [0.25, 0.3) is 0 Å². The van der Waals surface area contributed by atoms with Crippen molar-refractivity contribution in [2.24, 2.45) is 0 Å². The molecule has 1 amide bonds. The SMILES string of the molecule is O=C(O)CCN1CCN(C(=O)c2cccc(Cl)n2)CC1. The lowest BCUT2D eigenvalue weighted by molar-refractivity contribution is -0.137. The van der Waals surface area contributed by atoms with Crippen LogP contribution in [0.3, 0.4) is 0 Å². The lowest BCUT2D eigenvalue weighted by Crippen LogP contribution is -2.49. The smallest absolute Gasteiger partial charge is 0.304 e. The Labute approximate surface area is 122 Å². The van der Waals surface area contributed by atoms with Crippen molar-refractivity contribution in [1.29, 1.82) is 0 Å². The molecule has 7 heteroatoms. The van der Waals surface area contributed by atoms with Crippen molar-refractivity contribution in [3.8, 4) is 0 Å². The molecule has 1 N–H and O–H groups in total. The van der Waals surface area contributed by atoms with Crippen molar-refractivity contribution >= 4 is 23.5 Å². The third kappa shape index (κ3) is 3.91. The average Bonchev–Trinajstić information content (AvgIpc) is 2.45. The monoisotopic (exact) mass is 297 g/mol. The number of carboxylic acid groups (broad SMARTS) is 1. The van der Waals surface area contributed by atoms with Gasteiger partial charge in [0.15, 0.2) is 0 Å². The van der Waals surface area contributed by atoms with Crippen LogP contribution in [-0.2, 0) is 4.79 Å². The highest BCUT2D eigenvalue weighted by Crippen LogP contribution is 2.10. The second-order valence-electron chi connectivity index (χ2n) is 4.62. The van der Waals surface area contributed by atoms with E-state index in [0.29, 0.717) is 43.6 Å². The molecule has 1 saturated heterocycles. The van der Waals surface area contributed by atoms with E-state index in [0.717, 1.165) is 0 Å². The Kier molecular flexibility index (Phi) is 4.92. The van der Waals surface area contributed by atoms with Crippen LogP contribution >= 0.6 is 11.6 Å². The molecule has 0 bridgehead atoms. The van der Waals surface area contributed by atoms with Gasteiger partial charge in [-0.05, 0) is 12.1 Å². The number of carbonyl (C=O) groups is 2. The van der Waals surface area contributed by atoms with Crippen LogP contribution in [0, 0.1) is 0 Å². The van der Waals surface area contributed by atoms with Crippen LogP contribution < -0.4 is 0 Å². The molecule has 0 unspecified atom stereocenters. The summed E-state index contributed by atoms with van der Waals surface area (Å²) in [5, 5.41) is 8.95. The average molecular weight is 298 g/mol. The van der Waals surface area contributed by atoms with E-state index in [2.05, 4.69) is 4.98 Å². The van der Waals surface area contributed by atoms with Crippen molar-refractivity contribution < 1.29 is 14.7 Å². The third-order valence-electron chi connectivity index (χ3n) is 3.24. The fourth-order valence-electron chi connectivity index (χ4n) is 2.12. The summed E-state index contributed by atoms with van der Waals surface area (Å²) in [6, 6.07) is 4.97. The van der Waals surface area contributed by atoms with E-state index in [4.69, 9.17) is 16.7 Å². The largest absolute Gasteiger partial charge is 0.481 e. The molecule has 6 nitrogen and oxygen atoms in total. The Morgan fingerprint density at radius 2 is 1.95 bits per heavy atom. The quantitative estimate of drug-likeness (QED) is 0.838. The molecule has 0 spiro atoms. The first-order valence-electron chi connectivity index (χ1n) is 6.42. The van der Waals surface area contributed by atoms with Crippen LogP contribution in [0.4, 0.5) is 0 Å². The summed E-state index contributed by atoms with van der Waals surface area (Å²) in [4.78, 5) is 30.5. The molecule has 1 aromatic heterocycles. The third-order valence-corrected chi connectivity index (χ3v) is 3.45. The fraction of sp³-hybridized carbons (Fsp3) is 0.462. The van der Waals surface area contributed by atoms with Gasteiger partial charge in [-0.1, -0.05) is 17.7 Å². The van der Waals surface area contributed by atoms with E-state index in [9.17, 15) is 9.59 Å². The predicted molar refractivity (Wildman–Crippen MR) is 73.8 cm³/mol. The molecule has 1 fully saturated rings. The van der Waals surface area contributed by atoms with Crippen LogP contribution in [0.2, 0.25) is 5.15 Å². The van der Waals surface area contributed by atoms with Gasteiger partial charge in [-0.2, -0.15) is 0 Å². The maximum atomic E-state index is 12.2. The van der Waals surface area contributed by atoms with Gasteiger partial charge in [0.2, 0.25) is 0 Å². The number of aliphatic carboxylic acids is 1. The summed E-state index contributed by atoms with van der Waals surface area (Å²) >= 11 is 5.78. The summed E-state index contributed by atoms with van der Waals surface area (Å²) in [5.41, 5.74) is 0.344. The van der Waals surface area contributed by atoms with E-state index in [-0.39, 0.29) is 12.3 Å². The van der Waals surface area contributed by atoms with Crippen molar-refractivity contribution in [2.45, 2.75) is 6.42 Å². The number of halogens is 1. The van der Waals surface area contributed by atoms with E-state index in [1.165, 1.54) is 0 Å². The maximum Gasteiger partial charge on any atom is 0.304 e. The Balaban J connectivity index is 1.87. The lowest BCUT2D eigenvalue weighted by Gasteiger charge is -2.34. The second-order valence-corrected chi connectivity index (χ2v) is 5.01. The molecule has 108 valence electrons. The van der Waals surface area contributed by atoms with Crippen LogP contribution in [0.15, 0.2) is 18.2 Å². The molecule has 2 heterocycles. The van der Waals surface area contributed by atoms with Crippen LogP contribution in [0.1, 0.15) is 16.9 Å². The Morgan fingerprint density at radius 3 is 2.55 bits per heavy atom. The minimum absolute atomic E-state index is 0.129. The van der Waals surface area contributed by atoms with Crippen LogP contribution in [-0.4, -0.2) is 64.5 Å². The highest BCUT2D eigenvalue weighted by Gasteiger charge is 2.23. The zero-order valence-corrected chi connectivity index (χ0v) is 11.7. The molecule has 2 rings (SSSR count). The molecule has 1 aromatic rings. The van der Waals surface area contributed by atoms with Crippen molar-refractivity contribution in [3.63, 3.8) is 0 Å². The molecule has 20 heavy (non-hydrogen) atoms. The number of carbonyl (C=O) groups excluding carboxylic acids is 1. The van der Waals surface area contributed by atoms with Gasteiger partial charge < -0.3 is 10.0 Å². The number of amides is 1. The van der Waals surface area contributed by atoms with E-state index >= 15 is 0 Å². The number of hydrogen-bond acceptors (Lipinski definition) is 4. The minimum atomic E-state index is -0.799. The molecule has 0 atom stereocenters. The zero-order valence-electron chi connectivity index (χ0n) is 11.0. The highest BCUT2D eigenvalue weighted by atomic mass is 35.5. The molecule has 0 saturated carbocycles. The standard InChI is InChI=1S/C13H16ClN3O3/c14-11-3-1-2-10(15-11)13(20)17-8-6-16(7-9-17)5-4-12(18)19/h1-3H,4-9H2,(H,18,19). The minimum Gasteiger partial charge on any atom is -0.481 e. The maximum absolute atomic E-state index is 12.2. The van der Waals surface area contributed by atoms with Gasteiger partial charge in [-0.3, -0.25) is 14.5 Å². The summed E-state index contributed by atoms with van der Waals surface area (Å²) in [7, 11) is 0. The van der Waals surface area contributed by atoms with Gasteiger partial charge >= 0.3 is 5.97 Å². The molecular weight excluding hydrogens is 282 g/mol. The Hall–Kier alpha value is -1.66. The van der Waals surface area contributed by atoms with Crippen molar-refractivity contribution in [2.75, 3.05) is 32.7 Å². The molecule has 0 aromatic carbocycles. The first kappa shape index (κ1) is 14.7. The number of piperazine rings is 1. The number of aromatic nitrogens is 1. The van der Waals surface area contributed by atoms with Crippen molar-refractivity contribution in [1.82, 2.24) is 14.8 Å². The van der Waals surface area contributed by atoms with Gasteiger partial charge in [0.25, 0.3) is 5.91 Å². The molecule has 0 radical (unpaired) electrons. The number of rotatable bonds is 4. The van der Waals surface area contributed by atoms with Gasteiger partial charge in [0, 0.05) is 32.7 Å². The highest BCUT2D eigenvalue weighted by molar-refractivity contribution is 6.29. The molecule has 1 aliphatic heterocycles. The molecular formula is C13H16ClN3O3. The van der Waals surface area contributed by atoms with E-state index < -0.39 is 5.97 Å². The van der Waals surface area contributed by atoms with Gasteiger partial charge in [0.05, 0.1) is 6.42 Å². The zero-order chi connectivity index (χ0) is 14.5. The summed E-state index contributed by atoms with van der Waals surface area (Å²) in [6.07, 6.45) is 0.129. The summed E-state index contributed by atoms with van der Waals surface area (Å²) < 4.78 is 0. The first-order valence-corrected chi connectivity index (χ1v) is 6.80. The van der Waals surface area contributed by atoms with E-state index in [1.54, 1.807) is 23.1 Å². The number of hydrogen-bond donors (Lipinski definition) is 1. The summed E-state index contributed by atoms with van der Waals surface area (Å²) in [6.45, 7) is 3.03. The predicted octanol–water partition coefficient (Wildman–Crippen LogP) is 0.967. The fourth-order valence-corrected chi connectivity index (χ4v) is 2.28. The van der Waals surface area contributed by atoms with Gasteiger partial charge in [-0.15, -0.1) is 0 Å². The van der Waals surface area contributed by atoms with Crippen molar-refractivity contribution in [3.05, 3.63) is 29.0 Å². The number of carboxylic acids is 1. The Bertz CT molecular complexity index is 501. The topological polar surface area (TPSA) is 73.7 Å². The second kappa shape index (κ2) is 6.67. The van der Waals surface area contributed by atoms with E-state index in [1.807, 2.05) is 4.90 Å². The first-order chi connectivity index (χ1) is 9.56. The molecule has 0 aliphatic carbocycles. The van der Waals surface area contributed by atoms with Crippen LogP contribution in [0.5, 0.6) is 0 Å².